The van der Waals surface area contributed by atoms with E-state index in [1.165, 1.54) is 0 Å². The molecule has 2 heterocycles. The van der Waals surface area contributed by atoms with Crippen LogP contribution in [0.15, 0.2) is 6.20 Å². The monoisotopic (exact) mass is 236 g/mol. The molecule has 0 aliphatic carbocycles. The van der Waals surface area contributed by atoms with Crippen LogP contribution in [0.2, 0.25) is 0 Å². The minimum absolute atomic E-state index is 0.0430. The third-order valence-electron chi connectivity index (χ3n) is 3.46. The molecule has 5 heteroatoms. The number of carbonyl (C=O) groups excluding carboxylic acids is 1. The SMILES string of the molecule is Cn1cc(N)c(C(=O)N2CCC(C)(C)CC2)n1. The predicted molar refractivity (Wildman–Crippen MR) is 66.5 cm³/mol. The van der Waals surface area contributed by atoms with E-state index in [0.717, 1.165) is 25.9 Å². The highest BCUT2D eigenvalue weighted by Crippen LogP contribution is 2.30. The maximum Gasteiger partial charge on any atom is 0.276 e. The fourth-order valence-electron chi connectivity index (χ4n) is 2.14. The number of piperidine rings is 1. The maximum atomic E-state index is 12.2. The van der Waals surface area contributed by atoms with Gasteiger partial charge in [-0.1, -0.05) is 13.8 Å². The lowest BCUT2D eigenvalue weighted by atomic mass is 9.82. The van der Waals surface area contributed by atoms with Crippen molar-refractivity contribution in [2.24, 2.45) is 12.5 Å². The number of likely N-dealkylation sites (tertiary alicyclic amines) is 1. The van der Waals surface area contributed by atoms with Gasteiger partial charge in [0.05, 0.1) is 5.69 Å². The molecule has 2 N–H and O–H groups in total. The van der Waals surface area contributed by atoms with E-state index in [1.54, 1.807) is 17.9 Å². The average molecular weight is 236 g/mol. The number of aryl methyl sites for hydroxylation is 1. The van der Waals surface area contributed by atoms with E-state index < -0.39 is 0 Å². The molecular formula is C12H20N4O. The summed E-state index contributed by atoms with van der Waals surface area (Å²) in [6.07, 6.45) is 3.73. The van der Waals surface area contributed by atoms with Crippen LogP contribution in [0.1, 0.15) is 37.2 Å². The highest BCUT2D eigenvalue weighted by Gasteiger charge is 2.29. The first-order valence-corrected chi connectivity index (χ1v) is 5.97. The Labute approximate surface area is 102 Å². The predicted octanol–water partition coefficient (Wildman–Crippen LogP) is 1.26. The topological polar surface area (TPSA) is 64.2 Å². The smallest absolute Gasteiger partial charge is 0.276 e. The zero-order valence-corrected chi connectivity index (χ0v) is 10.7. The Morgan fingerprint density at radius 1 is 1.41 bits per heavy atom. The summed E-state index contributed by atoms with van der Waals surface area (Å²) < 4.78 is 1.58. The van der Waals surface area contributed by atoms with Crippen molar-refractivity contribution >= 4 is 11.6 Å². The van der Waals surface area contributed by atoms with Gasteiger partial charge < -0.3 is 10.6 Å². The molecule has 5 nitrogen and oxygen atoms in total. The van der Waals surface area contributed by atoms with Crippen molar-refractivity contribution in [3.05, 3.63) is 11.9 Å². The molecule has 1 aromatic heterocycles. The lowest BCUT2D eigenvalue weighted by Crippen LogP contribution is -2.41. The summed E-state index contributed by atoms with van der Waals surface area (Å²) in [5.74, 6) is -0.0430. The first-order chi connectivity index (χ1) is 7.89. The van der Waals surface area contributed by atoms with Gasteiger partial charge in [0.2, 0.25) is 0 Å². The van der Waals surface area contributed by atoms with Gasteiger partial charge in [-0.2, -0.15) is 5.10 Å². The highest BCUT2D eigenvalue weighted by molar-refractivity contribution is 5.97. The molecule has 2 rings (SSSR count). The molecule has 17 heavy (non-hydrogen) atoms. The van der Waals surface area contributed by atoms with Crippen molar-refractivity contribution in [3.63, 3.8) is 0 Å². The van der Waals surface area contributed by atoms with Gasteiger partial charge in [0.15, 0.2) is 5.69 Å². The summed E-state index contributed by atoms with van der Waals surface area (Å²) in [5.41, 5.74) is 6.95. The van der Waals surface area contributed by atoms with Crippen molar-refractivity contribution in [1.82, 2.24) is 14.7 Å². The van der Waals surface area contributed by atoms with E-state index in [-0.39, 0.29) is 5.91 Å². The summed E-state index contributed by atoms with van der Waals surface area (Å²) >= 11 is 0. The van der Waals surface area contributed by atoms with Gasteiger partial charge in [-0.05, 0) is 18.3 Å². The third-order valence-corrected chi connectivity index (χ3v) is 3.46. The second-order valence-corrected chi connectivity index (χ2v) is 5.56. The van der Waals surface area contributed by atoms with Crippen LogP contribution in [-0.4, -0.2) is 33.7 Å². The summed E-state index contributed by atoms with van der Waals surface area (Å²) in [6, 6.07) is 0. The quantitative estimate of drug-likeness (QED) is 0.798. The van der Waals surface area contributed by atoms with Crippen molar-refractivity contribution in [2.75, 3.05) is 18.8 Å². The van der Waals surface area contributed by atoms with Crippen LogP contribution in [-0.2, 0) is 7.05 Å². The second kappa shape index (κ2) is 4.05. The molecule has 0 unspecified atom stereocenters. The molecule has 1 aliphatic rings. The van der Waals surface area contributed by atoms with Gasteiger partial charge in [0.25, 0.3) is 5.91 Å². The zero-order chi connectivity index (χ0) is 12.6. The Morgan fingerprint density at radius 2 is 2.00 bits per heavy atom. The first-order valence-electron chi connectivity index (χ1n) is 5.97. The van der Waals surface area contributed by atoms with Crippen LogP contribution in [0.25, 0.3) is 0 Å². The zero-order valence-electron chi connectivity index (χ0n) is 10.7. The van der Waals surface area contributed by atoms with Crippen molar-refractivity contribution in [3.8, 4) is 0 Å². The Balaban J connectivity index is 2.09. The lowest BCUT2D eigenvalue weighted by Gasteiger charge is -2.36. The van der Waals surface area contributed by atoms with Gasteiger partial charge in [-0.15, -0.1) is 0 Å². The highest BCUT2D eigenvalue weighted by atomic mass is 16.2. The molecule has 94 valence electrons. The molecule has 1 fully saturated rings. The number of anilines is 1. The molecule has 0 spiro atoms. The number of amides is 1. The number of nitrogens with zero attached hydrogens (tertiary/aromatic N) is 3. The standard InChI is InChI=1S/C12H20N4O/c1-12(2)4-6-16(7-5-12)11(17)10-9(13)8-15(3)14-10/h8H,4-7,13H2,1-3H3. The molecular weight excluding hydrogens is 216 g/mol. The van der Waals surface area contributed by atoms with E-state index >= 15 is 0 Å². The van der Waals surface area contributed by atoms with Crippen LogP contribution < -0.4 is 5.73 Å². The van der Waals surface area contributed by atoms with E-state index in [1.807, 2.05) is 4.90 Å². The summed E-state index contributed by atoms with van der Waals surface area (Å²) in [5, 5.41) is 4.12. The molecule has 1 aliphatic heterocycles. The fraction of sp³-hybridized carbons (Fsp3) is 0.667. The number of aromatic nitrogens is 2. The Kier molecular flexibility index (Phi) is 2.85. The van der Waals surface area contributed by atoms with Crippen LogP contribution in [0.5, 0.6) is 0 Å². The number of nitrogens with two attached hydrogens (primary N) is 1. The number of carbonyl (C=O) groups is 1. The first kappa shape index (κ1) is 12.0. The average Bonchev–Trinajstić information content (AvgIpc) is 2.57. The van der Waals surface area contributed by atoms with Crippen LogP contribution in [0.4, 0.5) is 5.69 Å². The van der Waals surface area contributed by atoms with Gasteiger partial charge in [-0.25, -0.2) is 0 Å². The normalized spacial score (nSPS) is 19.4. The van der Waals surface area contributed by atoms with Crippen LogP contribution in [0.3, 0.4) is 0 Å². The van der Waals surface area contributed by atoms with Crippen molar-refractivity contribution in [1.29, 1.82) is 0 Å². The minimum atomic E-state index is -0.0430. The molecule has 0 atom stereocenters. The van der Waals surface area contributed by atoms with Gasteiger partial charge >= 0.3 is 0 Å². The van der Waals surface area contributed by atoms with Crippen LogP contribution in [0, 0.1) is 5.41 Å². The Bertz CT molecular complexity index is 426. The van der Waals surface area contributed by atoms with Crippen molar-refractivity contribution < 1.29 is 4.79 Å². The number of rotatable bonds is 1. The molecule has 1 amide bonds. The summed E-state index contributed by atoms with van der Waals surface area (Å²) in [7, 11) is 1.77. The second-order valence-electron chi connectivity index (χ2n) is 5.56. The summed E-state index contributed by atoms with van der Waals surface area (Å²) in [4.78, 5) is 14.1. The maximum absolute atomic E-state index is 12.2. The molecule has 0 aromatic carbocycles. The van der Waals surface area contributed by atoms with Gasteiger partial charge in [0, 0.05) is 26.3 Å². The van der Waals surface area contributed by atoms with Crippen LogP contribution >= 0.6 is 0 Å². The summed E-state index contributed by atoms with van der Waals surface area (Å²) in [6.45, 7) is 6.07. The molecule has 0 bridgehead atoms. The van der Waals surface area contributed by atoms with Gasteiger partial charge in [0.1, 0.15) is 0 Å². The Morgan fingerprint density at radius 3 is 2.47 bits per heavy atom. The van der Waals surface area contributed by atoms with Gasteiger partial charge in [-0.3, -0.25) is 9.48 Å². The lowest BCUT2D eigenvalue weighted by molar-refractivity contribution is 0.0624. The molecule has 1 saturated heterocycles. The number of hydrogen-bond acceptors (Lipinski definition) is 3. The molecule has 1 aromatic rings. The molecule has 0 radical (unpaired) electrons. The largest absolute Gasteiger partial charge is 0.396 e. The molecule has 0 saturated carbocycles. The Hall–Kier alpha value is -1.52. The van der Waals surface area contributed by atoms with E-state index in [0.29, 0.717) is 16.8 Å². The van der Waals surface area contributed by atoms with E-state index in [2.05, 4.69) is 18.9 Å². The number of hydrogen-bond donors (Lipinski definition) is 1. The van der Waals surface area contributed by atoms with Crippen molar-refractivity contribution in [2.45, 2.75) is 26.7 Å². The fourth-order valence-corrected chi connectivity index (χ4v) is 2.14. The minimum Gasteiger partial charge on any atom is -0.396 e. The third kappa shape index (κ3) is 2.43. The van der Waals surface area contributed by atoms with E-state index in [4.69, 9.17) is 5.73 Å². The van der Waals surface area contributed by atoms with E-state index in [9.17, 15) is 4.79 Å². The number of nitrogen functional groups attached to an aromatic ring is 1.